The zero-order chi connectivity index (χ0) is 29.9. The maximum absolute atomic E-state index is 7.06. The summed E-state index contributed by atoms with van der Waals surface area (Å²) in [5, 5.41) is 3.68. The molecule has 12 heteroatoms. The Balaban J connectivity index is 1.59. The lowest BCUT2D eigenvalue weighted by Gasteiger charge is -2.33. The lowest BCUT2D eigenvalue weighted by molar-refractivity contribution is 0.742. The Morgan fingerprint density at radius 3 is 0.902 bits per heavy atom. The standard InChI is InChI=1S/C29H22B2Cl8N2/c32-16-2-6-20(24(36)12-16)28(40,21-7-3-17(33)13-25(21)37)30-10-1-11-31-29(41,22-8-4-18(34)14-26(22)38)23-9-5-19(35)15-27(23)39/h2-9,12-15H,1,10-11,40-41H2. The average Bonchev–Trinajstić information content (AvgIpc) is 2.88. The fraction of sp³-hybridized carbons (Fsp3) is 0.172. The van der Waals surface area contributed by atoms with Crippen molar-refractivity contribution in [1.82, 2.24) is 0 Å². The van der Waals surface area contributed by atoms with Crippen molar-refractivity contribution < 1.29 is 0 Å². The van der Waals surface area contributed by atoms with Crippen LogP contribution in [0.2, 0.25) is 52.8 Å². The molecule has 4 rings (SSSR count). The van der Waals surface area contributed by atoms with E-state index in [0.717, 1.165) is 0 Å². The summed E-state index contributed by atoms with van der Waals surface area (Å²) in [7, 11) is 3.96. The van der Waals surface area contributed by atoms with Gasteiger partial charge in [0.25, 0.3) is 0 Å². The van der Waals surface area contributed by atoms with Crippen molar-refractivity contribution in [2.45, 2.75) is 29.9 Å². The van der Waals surface area contributed by atoms with Gasteiger partial charge in [0.1, 0.15) is 14.6 Å². The van der Waals surface area contributed by atoms with Gasteiger partial charge in [-0.25, -0.2) is 0 Å². The van der Waals surface area contributed by atoms with E-state index < -0.39 is 10.9 Å². The third-order valence-corrected chi connectivity index (χ3v) is 9.04. The molecule has 4 N–H and O–H groups in total. The van der Waals surface area contributed by atoms with Gasteiger partial charge in [0.2, 0.25) is 0 Å². The summed E-state index contributed by atoms with van der Waals surface area (Å²) in [4.78, 5) is 0. The van der Waals surface area contributed by atoms with Gasteiger partial charge in [-0.1, -0.05) is 136 Å². The zero-order valence-corrected chi connectivity index (χ0v) is 27.4. The Hall–Kier alpha value is -0.750. The molecule has 0 saturated heterocycles. The Kier molecular flexibility index (Phi) is 11.2. The van der Waals surface area contributed by atoms with Crippen LogP contribution in [0, 0.1) is 0 Å². The highest BCUT2D eigenvalue weighted by molar-refractivity contribution is 6.46. The monoisotopic (exact) mass is 700 g/mol. The Morgan fingerprint density at radius 1 is 0.439 bits per heavy atom. The number of halogens is 8. The van der Waals surface area contributed by atoms with Gasteiger partial charge >= 0.3 is 0 Å². The van der Waals surface area contributed by atoms with E-state index in [1.165, 1.54) is 0 Å². The summed E-state index contributed by atoms with van der Waals surface area (Å²) < 4.78 is 0. The quantitative estimate of drug-likeness (QED) is 0.128. The lowest BCUT2D eigenvalue weighted by atomic mass is 9.47. The van der Waals surface area contributed by atoms with Crippen molar-refractivity contribution in [2.75, 3.05) is 0 Å². The topological polar surface area (TPSA) is 52.0 Å². The highest BCUT2D eigenvalue weighted by Crippen LogP contribution is 2.40. The molecular weight excluding hydrogens is 682 g/mol. The van der Waals surface area contributed by atoms with Crippen LogP contribution in [0.3, 0.4) is 0 Å². The minimum atomic E-state index is -1.12. The Labute approximate surface area is 282 Å². The molecule has 4 aromatic rings. The molecule has 0 amide bonds. The molecule has 41 heavy (non-hydrogen) atoms. The summed E-state index contributed by atoms with van der Waals surface area (Å²) >= 11 is 51.1. The second-order valence-corrected chi connectivity index (χ2v) is 12.9. The first-order valence-electron chi connectivity index (χ1n) is 12.4. The molecule has 0 saturated carbocycles. The molecule has 4 aromatic carbocycles. The molecule has 0 heterocycles. The molecule has 0 atom stereocenters. The zero-order valence-electron chi connectivity index (χ0n) is 21.4. The second-order valence-electron chi connectivity index (χ2n) is 9.57. The van der Waals surface area contributed by atoms with E-state index in [0.29, 0.717) is 81.5 Å². The minimum absolute atomic E-state index is 0.421. The fourth-order valence-electron chi connectivity index (χ4n) is 4.81. The Bertz CT molecular complexity index is 1350. The van der Waals surface area contributed by atoms with Gasteiger partial charge in [-0.3, -0.25) is 0 Å². The van der Waals surface area contributed by atoms with E-state index in [1.807, 2.05) is 14.6 Å². The summed E-state index contributed by atoms with van der Waals surface area (Å²) in [6.07, 6.45) is 1.86. The van der Waals surface area contributed by atoms with Gasteiger partial charge in [0, 0.05) is 51.1 Å². The largest absolute Gasteiger partial charge is 0.325 e. The first-order chi connectivity index (χ1) is 19.3. The molecule has 2 nitrogen and oxygen atoms in total. The molecule has 0 spiro atoms. The predicted octanol–water partition coefficient (Wildman–Crippen LogP) is 10.6. The van der Waals surface area contributed by atoms with Crippen LogP contribution in [-0.2, 0) is 10.9 Å². The molecule has 0 aliphatic heterocycles. The van der Waals surface area contributed by atoms with E-state index in [-0.39, 0.29) is 0 Å². The maximum Gasteiger partial charge on any atom is 0.149 e. The van der Waals surface area contributed by atoms with Crippen LogP contribution in [0.25, 0.3) is 0 Å². The molecule has 0 bridgehead atoms. The smallest absolute Gasteiger partial charge is 0.149 e. The molecule has 0 fully saturated rings. The van der Waals surface area contributed by atoms with Gasteiger partial charge in [0.15, 0.2) is 0 Å². The molecule has 0 unspecified atom stereocenters. The van der Waals surface area contributed by atoms with Crippen molar-refractivity contribution in [3.05, 3.63) is 135 Å². The van der Waals surface area contributed by atoms with Gasteiger partial charge in [-0.2, -0.15) is 0 Å². The van der Waals surface area contributed by atoms with Crippen LogP contribution in [-0.4, -0.2) is 14.6 Å². The molecule has 0 aromatic heterocycles. The van der Waals surface area contributed by atoms with Crippen LogP contribution in [0.1, 0.15) is 28.7 Å². The van der Waals surface area contributed by atoms with Crippen LogP contribution in [0.4, 0.5) is 0 Å². The molecule has 0 aliphatic rings. The van der Waals surface area contributed by atoms with Crippen molar-refractivity contribution in [2.24, 2.45) is 11.5 Å². The third-order valence-electron chi connectivity index (χ3n) is 6.85. The first-order valence-corrected chi connectivity index (χ1v) is 15.5. The van der Waals surface area contributed by atoms with Crippen molar-refractivity contribution >= 4 is 107 Å². The normalized spacial score (nSPS) is 12.0. The summed E-state index contributed by atoms with van der Waals surface area (Å²) in [6, 6.07) is 20.8. The third kappa shape index (κ3) is 7.49. The summed E-state index contributed by atoms with van der Waals surface area (Å²) in [6.45, 7) is 0. The highest BCUT2D eigenvalue weighted by atomic mass is 35.5. The highest BCUT2D eigenvalue weighted by Gasteiger charge is 2.36. The Morgan fingerprint density at radius 2 is 0.683 bits per heavy atom. The van der Waals surface area contributed by atoms with Crippen molar-refractivity contribution in [3.63, 3.8) is 0 Å². The van der Waals surface area contributed by atoms with E-state index in [9.17, 15) is 0 Å². The maximum atomic E-state index is 7.06. The molecular formula is C29H22B2Cl8N2. The van der Waals surface area contributed by atoms with Gasteiger partial charge in [0.05, 0.1) is 0 Å². The molecule has 210 valence electrons. The van der Waals surface area contributed by atoms with E-state index in [4.69, 9.17) is 104 Å². The number of nitrogens with two attached hydrogens (primary N) is 2. The number of benzene rings is 4. The number of rotatable bonds is 10. The minimum Gasteiger partial charge on any atom is -0.325 e. The van der Waals surface area contributed by atoms with Crippen molar-refractivity contribution in [3.8, 4) is 0 Å². The SMILES string of the molecule is NC([B]CCC[B]C(N)(c1ccc(Cl)cc1Cl)c1ccc(Cl)cc1Cl)(c1ccc(Cl)cc1Cl)c1ccc(Cl)cc1Cl. The van der Waals surface area contributed by atoms with Crippen LogP contribution >= 0.6 is 92.8 Å². The van der Waals surface area contributed by atoms with Crippen LogP contribution < -0.4 is 11.5 Å². The fourth-order valence-corrected chi connectivity index (χ4v) is 7.07. The summed E-state index contributed by atoms with van der Waals surface area (Å²) in [5.41, 5.74) is 14.5. The van der Waals surface area contributed by atoms with E-state index in [1.54, 1.807) is 72.8 Å². The number of hydrogen-bond donors (Lipinski definition) is 2. The second kappa shape index (κ2) is 13.9. The predicted molar refractivity (Wildman–Crippen MR) is 182 cm³/mol. The average molecular weight is 704 g/mol. The van der Waals surface area contributed by atoms with Gasteiger partial charge in [-0.15, -0.1) is 0 Å². The summed E-state index contributed by atoms with van der Waals surface area (Å²) in [5.74, 6) is 0. The first kappa shape index (κ1) is 33.1. The number of hydrogen-bond acceptors (Lipinski definition) is 2. The molecule has 0 aliphatic carbocycles. The van der Waals surface area contributed by atoms with Gasteiger partial charge in [-0.05, 0) is 70.8 Å². The van der Waals surface area contributed by atoms with Crippen LogP contribution in [0.5, 0.6) is 0 Å². The van der Waals surface area contributed by atoms with Crippen LogP contribution in [0.15, 0.2) is 72.8 Å². The van der Waals surface area contributed by atoms with E-state index >= 15 is 0 Å². The van der Waals surface area contributed by atoms with E-state index in [2.05, 4.69) is 0 Å². The van der Waals surface area contributed by atoms with Crippen molar-refractivity contribution in [1.29, 1.82) is 0 Å². The molecule has 2 radical (unpaired) electrons. The lowest BCUT2D eigenvalue weighted by Crippen LogP contribution is -2.45. The van der Waals surface area contributed by atoms with Gasteiger partial charge < -0.3 is 11.5 Å².